The Hall–Kier alpha value is -1.31. The van der Waals surface area contributed by atoms with E-state index in [-0.39, 0.29) is 5.97 Å². The van der Waals surface area contributed by atoms with Gasteiger partial charge in [0.1, 0.15) is 5.75 Å². The largest absolute Gasteiger partial charge is 0.426 e. The van der Waals surface area contributed by atoms with Crippen molar-refractivity contribution < 1.29 is 9.53 Å². The minimum atomic E-state index is -0.268. The topological polar surface area (TPSA) is 26.3 Å². The molecule has 14 heavy (non-hydrogen) atoms. The lowest BCUT2D eigenvalue weighted by Gasteiger charge is -2.12. The molecule has 0 fully saturated rings. The van der Waals surface area contributed by atoms with Crippen molar-refractivity contribution in [2.24, 2.45) is 0 Å². The molecule has 1 rings (SSSR count). The van der Waals surface area contributed by atoms with Crippen LogP contribution in [0.3, 0.4) is 0 Å². The van der Waals surface area contributed by atoms with Gasteiger partial charge in [-0.3, -0.25) is 4.79 Å². The smallest absolute Gasteiger partial charge is 0.308 e. The third-order valence-electron chi connectivity index (χ3n) is 2.04. The molecule has 1 aromatic rings. The molecule has 76 valence electrons. The molecule has 0 saturated heterocycles. The van der Waals surface area contributed by atoms with E-state index < -0.39 is 0 Å². The first-order chi connectivity index (χ1) is 6.50. The van der Waals surface area contributed by atoms with Crippen molar-refractivity contribution in [2.45, 2.75) is 33.6 Å². The molecule has 0 aliphatic rings. The predicted molar refractivity (Wildman–Crippen MR) is 56.6 cm³/mol. The average molecular weight is 192 g/mol. The molecule has 2 nitrogen and oxygen atoms in total. The molecule has 0 heterocycles. The minimum absolute atomic E-state index is 0.268. The maximum atomic E-state index is 10.9. The number of benzene rings is 1. The van der Waals surface area contributed by atoms with Crippen LogP contribution in [0, 0.1) is 6.92 Å². The van der Waals surface area contributed by atoms with Crippen LogP contribution in [0.25, 0.3) is 0 Å². The summed E-state index contributed by atoms with van der Waals surface area (Å²) in [5.41, 5.74) is 2.27. The molecule has 0 saturated carbocycles. The summed E-state index contributed by atoms with van der Waals surface area (Å²) in [6.45, 7) is 7.62. The van der Waals surface area contributed by atoms with Crippen molar-refractivity contribution >= 4 is 5.97 Å². The SMILES string of the molecule is CC(=O)Oc1ccc(C)cc1C(C)C. The van der Waals surface area contributed by atoms with Gasteiger partial charge >= 0.3 is 5.97 Å². The van der Waals surface area contributed by atoms with Gasteiger partial charge in [-0.05, 0) is 24.5 Å². The van der Waals surface area contributed by atoms with Crippen molar-refractivity contribution in [1.29, 1.82) is 0 Å². The summed E-state index contributed by atoms with van der Waals surface area (Å²) < 4.78 is 5.12. The number of rotatable bonds is 2. The molecule has 0 amide bonds. The van der Waals surface area contributed by atoms with Crippen molar-refractivity contribution in [1.82, 2.24) is 0 Å². The van der Waals surface area contributed by atoms with Crippen molar-refractivity contribution in [3.8, 4) is 5.75 Å². The first-order valence-electron chi connectivity index (χ1n) is 4.79. The Balaban J connectivity index is 3.08. The van der Waals surface area contributed by atoms with Crippen LogP contribution in [-0.4, -0.2) is 5.97 Å². The van der Waals surface area contributed by atoms with Crippen LogP contribution < -0.4 is 4.74 Å². The van der Waals surface area contributed by atoms with Crippen LogP contribution in [0.1, 0.15) is 37.8 Å². The molecular formula is C12H16O2. The van der Waals surface area contributed by atoms with Crippen molar-refractivity contribution in [3.05, 3.63) is 29.3 Å². The van der Waals surface area contributed by atoms with Gasteiger partial charge in [0.15, 0.2) is 0 Å². The van der Waals surface area contributed by atoms with E-state index in [9.17, 15) is 4.79 Å². The van der Waals surface area contributed by atoms with E-state index in [1.165, 1.54) is 12.5 Å². The Morgan fingerprint density at radius 1 is 1.36 bits per heavy atom. The fourth-order valence-corrected chi connectivity index (χ4v) is 1.37. The molecule has 0 aliphatic heterocycles. The van der Waals surface area contributed by atoms with Gasteiger partial charge in [-0.25, -0.2) is 0 Å². The van der Waals surface area contributed by atoms with E-state index in [1.54, 1.807) is 0 Å². The first-order valence-corrected chi connectivity index (χ1v) is 4.79. The van der Waals surface area contributed by atoms with Crippen LogP contribution in [0.4, 0.5) is 0 Å². The summed E-state index contributed by atoms with van der Waals surface area (Å²) in [6.07, 6.45) is 0. The summed E-state index contributed by atoms with van der Waals surface area (Å²) in [5.74, 6) is 0.776. The van der Waals surface area contributed by atoms with E-state index in [4.69, 9.17) is 4.74 Å². The number of ether oxygens (including phenoxy) is 1. The number of hydrogen-bond acceptors (Lipinski definition) is 2. The molecule has 0 spiro atoms. The third-order valence-corrected chi connectivity index (χ3v) is 2.04. The second kappa shape index (κ2) is 4.27. The van der Waals surface area contributed by atoms with Gasteiger partial charge in [-0.1, -0.05) is 31.5 Å². The van der Waals surface area contributed by atoms with Gasteiger partial charge in [0, 0.05) is 6.92 Å². The Bertz CT molecular complexity index is 340. The van der Waals surface area contributed by atoms with Crippen LogP contribution in [0.15, 0.2) is 18.2 Å². The average Bonchev–Trinajstić information content (AvgIpc) is 2.07. The van der Waals surface area contributed by atoms with Gasteiger partial charge in [-0.2, -0.15) is 0 Å². The maximum absolute atomic E-state index is 10.9. The summed E-state index contributed by atoms with van der Waals surface area (Å²) >= 11 is 0. The van der Waals surface area contributed by atoms with Crippen LogP contribution in [-0.2, 0) is 4.79 Å². The lowest BCUT2D eigenvalue weighted by molar-refractivity contribution is -0.131. The standard InChI is InChI=1S/C12H16O2/c1-8(2)11-7-9(3)5-6-12(11)14-10(4)13/h5-8H,1-4H3. The van der Waals surface area contributed by atoms with Gasteiger partial charge in [0.05, 0.1) is 0 Å². The summed E-state index contributed by atoms with van der Waals surface area (Å²) in [5, 5.41) is 0. The fraction of sp³-hybridized carbons (Fsp3) is 0.417. The minimum Gasteiger partial charge on any atom is -0.426 e. The third kappa shape index (κ3) is 2.59. The Kier molecular flexibility index (Phi) is 3.28. The number of carbonyl (C=O) groups is 1. The van der Waals surface area contributed by atoms with Gasteiger partial charge in [-0.15, -0.1) is 0 Å². The Morgan fingerprint density at radius 2 is 2.00 bits per heavy atom. The highest BCUT2D eigenvalue weighted by Crippen LogP contribution is 2.27. The Morgan fingerprint density at radius 3 is 2.50 bits per heavy atom. The van der Waals surface area contributed by atoms with Crippen molar-refractivity contribution in [2.75, 3.05) is 0 Å². The molecule has 0 atom stereocenters. The van der Waals surface area contributed by atoms with E-state index in [0.29, 0.717) is 11.7 Å². The quantitative estimate of drug-likeness (QED) is 0.531. The molecule has 1 aromatic carbocycles. The monoisotopic (exact) mass is 192 g/mol. The van der Waals surface area contributed by atoms with Gasteiger partial charge < -0.3 is 4.74 Å². The summed E-state index contributed by atoms with van der Waals surface area (Å²) in [7, 11) is 0. The van der Waals surface area contributed by atoms with E-state index in [2.05, 4.69) is 19.9 Å². The number of aryl methyl sites for hydroxylation is 1. The number of hydrogen-bond donors (Lipinski definition) is 0. The lowest BCUT2D eigenvalue weighted by Crippen LogP contribution is -2.04. The normalized spacial score (nSPS) is 10.4. The van der Waals surface area contributed by atoms with Gasteiger partial charge in [0.25, 0.3) is 0 Å². The van der Waals surface area contributed by atoms with E-state index in [0.717, 1.165) is 5.56 Å². The zero-order chi connectivity index (χ0) is 10.7. The highest BCUT2D eigenvalue weighted by Gasteiger charge is 2.09. The zero-order valence-electron chi connectivity index (χ0n) is 9.13. The maximum Gasteiger partial charge on any atom is 0.308 e. The summed E-state index contributed by atoms with van der Waals surface area (Å²) in [6, 6.07) is 5.86. The highest BCUT2D eigenvalue weighted by molar-refractivity contribution is 5.70. The van der Waals surface area contributed by atoms with Gasteiger partial charge in [0.2, 0.25) is 0 Å². The van der Waals surface area contributed by atoms with Crippen LogP contribution in [0.5, 0.6) is 5.75 Å². The first kappa shape index (κ1) is 10.8. The highest BCUT2D eigenvalue weighted by atomic mass is 16.5. The molecule has 0 N–H and O–H groups in total. The molecule has 0 aromatic heterocycles. The van der Waals surface area contributed by atoms with Crippen molar-refractivity contribution in [3.63, 3.8) is 0 Å². The fourth-order valence-electron chi connectivity index (χ4n) is 1.37. The molecule has 2 heteroatoms. The molecular weight excluding hydrogens is 176 g/mol. The molecule has 0 bridgehead atoms. The zero-order valence-corrected chi connectivity index (χ0v) is 9.13. The lowest BCUT2D eigenvalue weighted by atomic mass is 10.00. The second-order valence-corrected chi connectivity index (χ2v) is 3.79. The molecule has 0 unspecified atom stereocenters. The molecule has 0 aliphatic carbocycles. The number of carbonyl (C=O) groups excluding carboxylic acids is 1. The molecule has 0 radical (unpaired) electrons. The van der Waals surface area contributed by atoms with Crippen LogP contribution in [0.2, 0.25) is 0 Å². The number of esters is 1. The Labute approximate surface area is 84.9 Å². The summed E-state index contributed by atoms with van der Waals surface area (Å²) in [4.78, 5) is 10.9. The predicted octanol–water partition coefficient (Wildman–Crippen LogP) is 3.04. The van der Waals surface area contributed by atoms with E-state index in [1.807, 2.05) is 19.1 Å². The van der Waals surface area contributed by atoms with E-state index >= 15 is 0 Å². The second-order valence-electron chi connectivity index (χ2n) is 3.79. The van der Waals surface area contributed by atoms with Crippen LogP contribution >= 0.6 is 0 Å².